The first kappa shape index (κ1) is 10.6. The summed E-state index contributed by atoms with van der Waals surface area (Å²) in [5, 5.41) is 3.42. The van der Waals surface area contributed by atoms with E-state index in [1.807, 2.05) is 6.92 Å². The van der Waals surface area contributed by atoms with E-state index in [9.17, 15) is 4.79 Å². The van der Waals surface area contributed by atoms with Crippen LogP contribution in [0.15, 0.2) is 17.2 Å². The third-order valence-corrected chi connectivity index (χ3v) is 5.29. The maximum atomic E-state index is 12.1. The highest BCUT2D eigenvalue weighted by atomic mass is 16.1. The summed E-state index contributed by atoms with van der Waals surface area (Å²) in [6, 6.07) is 0.532. The van der Waals surface area contributed by atoms with Gasteiger partial charge in [0.2, 0.25) is 0 Å². The van der Waals surface area contributed by atoms with Crippen LogP contribution in [-0.4, -0.2) is 15.6 Å². The Kier molecular flexibility index (Phi) is 2.11. The molecule has 0 aliphatic heterocycles. The Bertz CT molecular complexity index is 522. The predicted molar refractivity (Wildman–Crippen MR) is 69.4 cm³/mol. The first-order valence-corrected chi connectivity index (χ1v) is 7.11. The van der Waals surface area contributed by atoms with Gasteiger partial charge >= 0.3 is 0 Å². The number of hydrogen-bond acceptors (Lipinski definition) is 3. The van der Waals surface area contributed by atoms with E-state index in [1.54, 1.807) is 17.0 Å². The Labute approximate surface area is 106 Å². The van der Waals surface area contributed by atoms with Crippen molar-refractivity contribution >= 4 is 5.82 Å². The van der Waals surface area contributed by atoms with Crippen molar-refractivity contribution in [3.63, 3.8) is 0 Å². The normalized spacial score (nSPS) is 39.7. The molecule has 1 aromatic rings. The van der Waals surface area contributed by atoms with Gasteiger partial charge in [0, 0.05) is 25.0 Å². The van der Waals surface area contributed by atoms with Crippen molar-refractivity contribution in [2.24, 2.45) is 23.7 Å². The van der Waals surface area contributed by atoms with Gasteiger partial charge in [-0.05, 0) is 49.9 Å². The fourth-order valence-electron chi connectivity index (χ4n) is 4.47. The first-order valence-electron chi connectivity index (χ1n) is 7.11. The monoisotopic (exact) mass is 245 g/mol. The number of aryl methyl sites for hydroxylation is 1. The van der Waals surface area contributed by atoms with Crippen molar-refractivity contribution in [2.45, 2.75) is 38.8 Å². The van der Waals surface area contributed by atoms with Gasteiger partial charge < -0.3 is 9.88 Å². The Hall–Kier alpha value is -1.32. The van der Waals surface area contributed by atoms with Gasteiger partial charge in [-0.2, -0.15) is 0 Å². The highest BCUT2D eigenvalue weighted by molar-refractivity contribution is 5.38. The van der Waals surface area contributed by atoms with Gasteiger partial charge in [-0.15, -0.1) is 0 Å². The Morgan fingerprint density at radius 2 is 2.11 bits per heavy atom. The van der Waals surface area contributed by atoms with E-state index in [0.717, 1.165) is 23.7 Å². The Morgan fingerprint density at radius 3 is 2.78 bits per heavy atom. The van der Waals surface area contributed by atoms with E-state index in [-0.39, 0.29) is 5.56 Å². The number of hydrogen-bond donors (Lipinski definition) is 1. The molecule has 0 spiro atoms. The molecule has 1 heterocycles. The van der Waals surface area contributed by atoms with Crippen LogP contribution in [-0.2, 0) is 6.54 Å². The van der Waals surface area contributed by atoms with Gasteiger partial charge in [0.15, 0.2) is 5.82 Å². The topological polar surface area (TPSA) is 46.9 Å². The lowest BCUT2D eigenvalue weighted by atomic mass is 10.0. The number of anilines is 1. The van der Waals surface area contributed by atoms with E-state index in [0.29, 0.717) is 18.4 Å². The minimum atomic E-state index is 0.0253. The molecule has 1 N–H and O–H groups in total. The van der Waals surface area contributed by atoms with Crippen LogP contribution in [0.25, 0.3) is 0 Å². The molecule has 0 radical (unpaired) electrons. The van der Waals surface area contributed by atoms with E-state index in [1.165, 1.54) is 19.3 Å². The minimum Gasteiger partial charge on any atom is -0.362 e. The molecule has 3 saturated carbocycles. The van der Waals surface area contributed by atoms with Crippen LogP contribution in [0.2, 0.25) is 0 Å². The van der Waals surface area contributed by atoms with Crippen LogP contribution in [0.4, 0.5) is 5.82 Å². The molecule has 96 valence electrons. The SMILES string of the molecule is CCn1ccnc(NC2C3C4CCC(C4)C23)c1=O. The Morgan fingerprint density at radius 1 is 1.39 bits per heavy atom. The van der Waals surface area contributed by atoms with Crippen LogP contribution in [0.5, 0.6) is 0 Å². The average Bonchev–Trinajstić information content (AvgIpc) is 2.79. The minimum absolute atomic E-state index is 0.0253. The molecule has 0 aromatic carbocycles. The summed E-state index contributed by atoms with van der Waals surface area (Å²) in [7, 11) is 0. The van der Waals surface area contributed by atoms with E-state index >= 15 is 0 Å². The molecule has 18 heavy (non-hydrogen) atoms. The zero-order chi connectivity index (χ0) is 12.3. The molecular weight excluding hydrogens is 226 g/mol. The molecule has 3 fully saturated rings. The number of fused-ring (bicyclic) bond motifs is 5. The molecule has 4 heteroatoms. The highest BCUT2D eigenvalue weighted by Gasteiger charge is 2.65. The van der Waals surface area contributed by atoms with Crippen LogP contribution >= 0.6 is 0 Å². The number of aromatic nitrogens is 2. The van der Waals surface area contributed by atoms with Gasteiger partial charge in [-0.25, -0.2) is 4.98 Å². The third kappa shape index (κ3) is 1.32. The van der Waals surface area contributed by atoms with E-state index < -0.39 is 0 Å². The van der Waals surface area contributed by atoms with Gasteiger partial charge in [0.25, 0.3) is 5.56 Å². The number of nitrogens with zero attached hydrogens (tertiary/aromatic N) is 2. The summed E-state index contributed by atoms with van der Waals surface area (Å²) in [5.74, 6) is 4.07. The van der Waals surface area contributed by atoms with Crippen LogP contribution < -0.4 is 10.9 Å². The smallest absolute Gasteiger partial charge is 0.293 e. The molecule has 4 nitrogen and oxygen atoms in total. The first-order chi connectivity index (χ1) is 8.79. The van der Waals surface area contributed by atoms with E-state index in [2.05, 4.69) is 10.3 Å². The van der Waals surface area contributed by atoms with Crippen LogP contribution in [0.1, 0.15) is 26.2 Å². The zero-order valence-corrected chi connectivity index (χ0v) is 10.7. The molecule has 2 bridgehead atoms. The van der Waals surface area contributed by atoms with Crippen molar-refractivity contribution in [3.8, 4) is 0 Å². The molecule has 4 rings (SSSR count). The fourth-order valence-corrected chi connectivity index (χ4v) is 4.47. The summed E-state index contributed by atoms with van der Waals surface area (Å²) < 4.78 is 1.71. The maximum Gasteiger partial charge on any atom is 0.293 e. The lowest BCUT2D eigenvalue weighted by Crippen LogP contribution is -2.26. The summed E-state index contributed by atoms with van der Waals surface area (Å²) >= 11 is 0. The molecule has 3 aliphatic carbocycles. The molecule has 1 aromatic heterocycles. The number of nitrogens with one attached hydrogen (secondary N) is 1. The molecule has 4 atom stereocenters. The van der Waals surface area contributed by atoms with Gasteiger partial charge in [-0.3, -0.25) is 4.79 Å². The fraction of sp³-hybridized carbons (Fsp3) is 0.714. The average molecular weight is 245 g/mol. The maximum absolute atomic E-state index is 12.1. The highest BCUT2D eigenvalue weighted by Crippen LogP contribution is 2.66. The molecule has 4 unspecified atom stereocenters. The molecule has 0 saturated heterocycles. The largest absolute Gasteiger partial charge is 0.362 e. The predicted octanol–water partition coefficient (Wildman–Crippen LogP) is 1.72. The third-order valence-electron chi connectivity index (χ3n) is 5.29. The van der Waals surface area contributed by atoms with Crippen molar-refractivity contribution < 1.29 is 0 Å². The van der Waals surface area contributed by atoms with Crippen molar-refractivity contribution in [1.82, 2.24) is 9.55 Å². The lowest BCUT2D eigenvalue weighted by molar-refractivity contribution is 0.456. The van der Waals surface area contributed by atoms with Gasteiger partial charge in [-0.1, -0.05) is 0 Å². The summed E-state index contributed by atoms with van der Waals surface area (Å²) in [6.07, 6.45) is 7.73. The number of rotatable bonds is 3. The second-order valence-electron chi connectivity index (χ2n) is 6.03. The van der Waals surface area contributed by atoms with E-state index in [4.69, 9.17) is 0 Å². The lowest BCUT2D eigenvalue weighted by Gasteiger charge is -2.11. The molecule has 3 aliphatic rings. The van der Waals surface area contributed by atoms with Crippen molar-refractivity contribution in [1.29, 1.82) is 0 Å². The summed E-state index contributed by atoms with van der Waals surface area (Å²) in [5.41, 5.74) is 0.0253. The van der Waals surface area contributed by atoms with Crippen LogP contribution in [0.3, 0.4) is 0 Å². The zero-order valence-electron chi connectivity index (χ0n) is 10.7. The van der Waals surface area contributed by atoms with Crippen molar-refractivity contribution in [2.75, 3.05) is 5.32 Å². The van der Waals surface area contributed by atoms with Gasteiger partial charge in [0.1, 0.15) is 0 Å². The molecular formula is C14H19N3O. The van der Waals surface area contributed by atoms with Gasteiger partial charge in [0.05, 0.1) is 0 Å². The second kappa shape index (κ2) is 3.59. The standard InChI is InChI=1S/C14H19N3O/c1-2-17-6-5-15-13(14(17)18)16-12-10-8-3-4-9(7-8)11(10)12/h5-6,8-12H,2-4,7H2,1H3,(H,15,16). The van der Waals surface area contributed by atoms with Crippen LogP contribution in [0, 0.1) is 23.7 Å². The summed E-state index contributed by atoms with van der Waals surface area (Å²) in [4.78, 5) is 16.3. The second-order valence-corrected chi connectivity index (χ2v) is 6.03. The molecule has 0 amide bonds. The van der Waals surface area contributed by atoms with Crippen molar-refractivity contribution in [3.05, 3.63) is 22.7 Å². The Balaban J connectivity index is 1.55. The summed E-state index contributed by atoms with van der Waals surface area (Å²) in [6.45, 7) is 2.69. The quantitative estimate of drug-likeness (QED) is 0.882.